The van der Waals surface area contributed by atoms with Gasteiger partial charge in [0.25, 0.3) is 0 Å². The predicted molar refractivity (Wildman–Crippen MR) is 65.3 cm³/mol. The molecule has 92 valence electrons. The fourth-order valence-electron chi connectivity index (χ4n) is 1.22. The van der Waals surface area contributed by atoms with Gasteiger partial charge in [0, 0.05) is 11.4 Å². The van der Waals surface area contributed by atoms with Gasteiger partial charge < -0.3 is 10.4 Å². The Bertz CT molecular complexity index is 429. The van der Waals surface area contributed by atoms with Crippen LogP contribution >= 0.6 is 23.1 Å². The molecule has 5 nitrogen and oxygen atoms in total. The van der Waals surface area contributed by atoms with Gasteiger partial charge in [-0.25, -0.2) is 4.98 Å². The van der Waals surface area contributed by atoms with Crippen molar-refractivity contribution in [3.8, 4) is 0 Å². The monoisotopic (exact) mass is 272 g/mol. The van der Waals surface area contributed by atoms with Gasteiger partial charge in [0.1, 0.15) is 0 Å². The first-order valence-electron chi connectivity index (χ1n) is 5.22. The van der Waals surface area contributed by atoms with E-state index >= 15 is 0 Å². The van der Waals surface area contributed by atoms with Crippen molar-refractivity contribution in [2.24, 2.45) is 0 Å². The fraction of sp³-hybridized carbons (Fsp3) is 0.500. The second-order valence-corrected chi connectivity index (χ2v) is 5.89. The molecule has 1 aromatic rings. The lowest BCUT2D eigenvalue weighted by molar-refractivity contribution is -0.136. The van der Waals surface area contributed by atoms with E-state index in [0.717, 1.165) is 17.2 Å². The normalized spacial score (nSPS) is 14.6. The van der Waals surface area contributed by atoms with Gasteiger partial charge in [-0.3, -0.25) is 9.59 Å². The third-order valence-corrected chi connectivity index (χ3v) is 4.20. The van der Waals surface area contributed by atoms with Crippen LogP contribution < -0.4 is 5.32 Å². The van der Waals surface area contributed by atoms with E-state index in [1.54, 1.807) is 5.38 Å². The van der Waals surface area contributed by atoms with Crippen LogP contribution in [0.25, 0.3) is 0 Å². The second kappa shape index (κ2) is 5.50. The lowest BCUT2D eigenvalue weighted by Crippen LogP contribution is -2.26. The quantitative estimate of drug-likeness (QED) is 0.759. The van der Waals surface area contributed by atoms with Crippen molar-refractivity contribution in [2.75, 3.05) is 5.75 Å². The number of nitrogens with zero attached hydrogens (tertiary/aromatic N) is 1. The minimum Gasteiger partial charge on any atom is -0.481 e. The highest BCUT2D eigenvalue weighted by Gasteiger charge is 2.23. The van der Waals surface area contributed by atoms with E-state index in [-0.39, 0.29) is 12.3 Å². The molecule has 1 aliphatic rings. The molecule has 1 aromatic heterocycles. The first kappa shape index (κ1) is 12.4. The highest BCUT2D eigenvalue weighted by atomic mass is 32.2. The molecule has 0 bridgehead atoms. The number of carboxylic acid groups (broad SMARTS) is 1. The van der Waals surface area contributed by atoms with Gasteiger partial charge in [0.15, 0.2) is 4.34 Å². The number of nitrogens with one attached hydrogen (secondary N) is 1. The van der Waals surface area contributed by atoms with Crippen LogP contribution in [-0.2, 0) is 16.0 Å². The lowest BCUT2D eigenvalue weighted by atomic mass is 10.3. The van der Waals surface area contributed by atoms with Crippen molar-refractivity contribution >= 4 is 35.0 Å². The smallest absolute Gasteiger partial charge is 0.309 e. The van der Waals surface area contributed by atoms with Gasteiger partial charge in [0.05, 0.1) is 17.9 Å². The third-order valence-electron chi connectivity index (χ3n) is 2.13. The van der Waals surface area contributed by atoms with Crippen LogP contribution in [0.4, 0.5) is 0 Å². The topological polar surface area (TPSA) is 79.3 Å². The van der Waals surface area contributed by atoms with E-state index in [4.69, 9.17) is 5.11 Å². The Labute approximate surface area is 107 Å². The number of amides is 1. The van der Waals surface area contributed by atoms with E-state index in [1.807, 2.05) is 0 Å². The number of aromatic nitrogens is 1. The predicted octanol–water partition coefficient (Wildman–Crippen LogP) is 1.14. The Morgan fingerprint density at radius 2 is 2.35 bits per heavy atom. The molecule has 0 radical (unpaired) electrons. The van der Waals surface area contributed by atoms with Crippen LogP contribution in [0.2, 0.25) is 0 Å². The Balaban J connectivity index is 1.75. The summed E-state index contributed by atoms with van der Waals surface area (Å²) in [5.41, 5.74) is 0.549. The summed E-state index contributed by atoms with van der Waals surface area (Å²) in [4.78, 5) is 26.0. The van der Waals surface area contributed by atoms with E-state index in [2.05, 4.69) is 10.3 Å². The fourth-order valence-corrected chi connectivity index (χ4v) is 2.87. The molecule has 0 atom stereocenters. The Morgan fingerprint density at radius 3 is 3.00 bits per heavy atom. The molecule has 0 unspecified atom stereocenters. The SMILES string of the molecule is O=C(O)Cc1csc(SCC(=O)NC2CC2)n1. The summed E-state index contributed by atoms with van der Waals surface area (Å²) in [6.45, 7) is 0. The molecule has 0 spiro atoms. The first-order valence-corrected chi connectivity index (χ1v) is 7.08. The molecule has 1 heterocycles. The average molecular weight is 272 g/mol. The van der Waals surface area contributed by atoms with Crippen LogP contribution in [0, 0.1) is 0 Å². The van der Waals surface area contributed by atoms with Crippen molar-refractivity contribution in [1.29, 1.82) is 0 Å². The van der Waals surface area contributed by atoms with Gasteiger partial charge in [-0.15, -0.1) is 11.3 Å². The molecule has 7 heteroatoms. The highest BCUT2D eigenvalue weighted by molar-refractivity contribution is 8.01. The van der Waals surface area contributed by atoms with Crippen LogP contribution in [0.3, 0.4) is 0 Å². The van der Waals surface area contributed by atoms with Crippen LogP contribution in [0.15, 0.2) is 9.72 Å². The number of aliphatic carboxylic acids is 1. The lowest BCUT2D eigenvalue weighted by Gasteiger charge is -2.00. The zero-order chi connectivity index (χ0) is 12.3. The number of thiazole rings is 1. The molecule has 17 heavy (non-hydrogen) atoms. The van der Waals surface area contributed by atoms with E-state index in [0.29, 0.717) is 17.5 Å². The molecule has 1 fully saturated rings. The molecule has 1 saturated carbocycles. The Morgan fingerprint density at radius 1 is 1.59 bits per heavy atom. The summed E-state index contributed by atoms with van der Waals surface area (Å²) in [6, 6.07) is 0.377. The average Bonchev–Trinajstić information content (AvgIpc) is 2.94. The summed E-state index contributed by atoms with van der Waals surface area (Å²) in [7, 11) is 0. The Kier molecular flexibility index (Phi) is 4.01. The van der Waals surface area contributed by atoms with Crippen LogP contribution in [-0.4, -0.2) is 33.8 Å². The maximum absolute atomic E-state index is 11.4. The van der Waals surface area contributed by atoms with Gasteiger partial charge in [-0.2, -0.15) is 0 Å². The Hall–Kier alpha value is -1.08. The van der Waals surface area contributed by atoms with Crippen molar-refractivity contribution in [1.82, 2.24) is 10.3 Å². The maximum Gasteiger partial charge on any atom is 0.309 e. The third kappa shape index (κ3) is 4.35. The second-order valence-electron chi connectivity index (χ2n) is 3.81. The van der Waals surface area contributed by atoms with E-state index in [1.165, 1.54) is 23.1 Å². The standard InChI is InChI=1S/C10H12N2O3S2/c13-8(11-6-1-2-6)5-17-10-12-7(4-16-10)3-9(14)15/h4,6H,1-3,5H2,(H,11,13)(H,14,15). The molecule has 0 aliphatic heterocycles. The minimum atomic E-state index is -0.890. The van der Waals surface area contributed by atoms with Gasteiger partial charge in [-0.1, -0.05) is 11.8 Å². The zero-order valence-electron chi connectivity index (χ0n) is 9.01. The minimum absolute atomic E-state index is 0.0208. The maximum atomic E-state index is 11.4. The van der Waals surface area contributed by atoms with Crippen LogP contribution in [0.1, 0.15) is 18.5 Å². The van der Waals surface area contributed by atoms with Crippen molar-refractivity contribution in [3.63, 3.8) is 0 Å². The molecular weight excluding hydrogens is 260 g/mol. The number of hydrogen-bond donors (Lipinski definition) is 2. The molecular formula is C10H12N2O3S2. The number of rotatable bonds is 6. The van der Waals surface area contributed by atoms with Gasteiger partial charge >= 0.3 is 5.97 Å². The van der Waals surface area contributed by atoms with Crippen molar-refractivity contribution in [3.05, 3.63) is 11.1 Å². The van der Waals surface area contributed by atoms with Crippen molar-refractivity contribution in [2.45, 2.75) is 29.6 Å². The molecule has 0 saturated heterocycles. The summed E-state index contributed by atoms with van der Waals surface area (Å²) in [5.74, 6) is -0.526. The number of thioether (sulfide) groups is 1. The van der Waals surface area contributed by atoms with Crippen LogP contribution in [0.5, 0.6) is 0 Å². The molecule has 1 amide bonds. The summed E-state index contributed by atoms with van der Waals surface area (Å²) >= 11 is 2.73. The summed E-state index contributed by atoms with van der Waals surface area (Å²) in [5, 5.41) is 13.2. The number of hydrogen-bond acceptors (Lipinski definition) is 5. The van der Waals surface area contributed by atoms with E-state index in [9.17, 15) is 9.59 Å². The summed E-state index contributed by atoms with van der Waals surface area (Å²) in [6.07, 6.45) is 2.10. The zero-order valence-corrected chi connectivity index (χ0v) is 10.6. The molecule has 0 aromatic carbocycles. The molecule has 2 rings (SSSR count). The number of carbonyl (C=O) groups is 2. The van der Waals surface area contributed by atoms with E-state index < -0.39 is 5.97 Å². The molecule has 1 aliphatic carbocycles. The van der Waals surface area contributed by atoms with Crippen molar-refractivity contribution < 1.29 is 14.7 Å². The van der Waals surface area contributed by atoms with Gasteiger partial charge in [-0.05, 0) is 12.8 Å². The number of carboxylic acids is 1. The largest absolute Gasteiger partial charge is 0.481 e. The molecule has 2 N–H and O–H groups in total. The number of carbonyl (C=O) groups excluding carboxylic acids is 1. The van der Waals surface area contributed by atoms with Gasteiger partial charge in [0.2, 0.25) is 5.91 Å². The summed E-state index contributed by atoms with van der Waals surface area (Å²) < 4.78 is 0.743. The first-order chi connectivity index (χ1) is 8.13. The highest BCUT2D eigenvalue weighted by Crippen LogP contribution is 2.23.